The highest BCUT2D eigenvalue weighted by Crippen LogP contribution is 2.39. The normalized spacial score (nSPS) is 20.0. The lowest BCUT2D eigenvalue weighted by molar-refractivity contribution is -0.151. The number of carbonyl (C=O) groups excluding carboxylic acids is 1. The molecule has 3 nitrogen and oxygen atoms in total. The fourth-order valence-electron chi connectivity index (χ4n) is 3.50. The molecule has 1 aliphatic carbocycles. The number of carbonyl (C=O) groups is 1. The van der Waals surface area contributed by atoms with E-state index < -0.39 is 0 Å². The molecule has 132 valence electrons. The van der Waals surface area contributed by atoms with E-state index in [1.807, 2.05) is 43.3 Å². The van der Waals surface area contributed by atoms with Crippen LogP contribution in [0.15, 0.2) is 54.6 Å². The Morgan fingerprint density at radius 3 is 2.52 bits per heavy atom. The number of esters is 1. The number of rotatable bonds is 6. The quantitative estimate of drug-likeness (QED) is 0.675. The Balaban J connectivity index is 1.77. The fraction of sp³-hybridized carbons (Fsp3) is 0.409. The van der Waals surface area contributed by atoms with Crippen LogP contribution in [0.3, 0.4) is 0 Å². The van der Waals surface area contributed by atoms with Crippen molar-refractivity contribution in [2.45, 2.75) is 57.7 Å². The van der Waals surface area contributed by atoms with Gasteiger partial charge < -0.3 is 9.47 Å². The highest BCUT2D eigenvalue weighted by molar-refractivity contribution is 5.69. The van der Waals surface area contributed by atoms with Crippen molar-refractivity contribution in [3.8, 4) is 5.75 Å². The van der Waals surface area contributed by atoms with Gasteiger partial charge in [0.05, 0.1) is 0 Å². The first-order valence-electron chi connectivity index (χ1n) is 9.23. The maximum absolute atomic E-state index is 11.8. The van der Waals surface area contributed by atoms with E-state index in [9.17, 15) is 4.79 Å². The largest absolute Gasteiger partial charge is 0.489 e. The molecule has 1 fully saturated rings. The maximum Gasteiger partial charge on any atom is 0.305 e. The van der Waals surface area contributed by atoms with Crippen LogP contribution in [0.5, 0.6) is 5.75 Å². The number of ether oxygens (including phenoxy) is 2. The minimum absolute atomic E-state index is 0.0392. The van der Waals surface area contributed by atoms with Gasteiger partial charge in [0.15, 0.2) is 0 Å². The Bertz CT molecular complexity index is 681. The summed E-state index contributed by atoms with van der Waals surface area (Å²) in [6.07, 6.45) is 4.64. The smallest absolute Gasteiger partial charge is 0.305 e. The highest BCUT2D eigenvalue weighted by Gasteiger charge is 2.31. The molecule has 0 spiro atoms. The van der Waals surface area contributed by atoms with Crippen LogP contribution < -0.4 is 4.74 Å². The molecule has 2 aromatic carbocycles. The average molecular weight is 338 g/mol. The molecule has 2 aromatic rings. The summed E-state index contributed by atoms with van der Waals surface area (Å²) in [5.74, 6) is 1.01. The predicted octanol–water partition coefficient (Wildman–Crippen LogP) is 5.25. The van der Waals surface area contributed by atoms with Crippen LogP contribution >= 0.6 is 0 Å². The monoisotopic (exact) mass is 338 g/mol. The summed E-state index contributed by atoms with van der Waals surface area (Å²) in [6, 6.07) is 18.3. The van der Waals surface area contributed by atoms with Gasteiger partial charge in [-0.1, -0.05) is 61.9 Å². The van der Waals surface area contributed by atoms with E-state index in [0.717, 1.165) is 42.6 Å². The average Bonchev–Trinajstić information content (AvgIpc) is 2.68. The maximum atomic E-state index is 11.8. The summed E-state index contributed by atoms with van der Waals surface area (Å²) in [5.41, 5.74) is 2.31. The first-order chi connectivity index (χ1) is 12.3. The van der Waals surface area contributed by atoms with Crippen molar-refractivity contribution in [1.82, 2.24) is 0 Å². The second-order valence-electron chi connectivity index (χ2n) is 6.58. The van der Waals surface area contributed by atoms with E-state index in [-0.39, 0.29) is 18.0 Å². The van der Waals surface area contributed by atoms with Crippen molar-refractivity contribution in [2.24, 2.45) is 0 Å². The standard InChI is InChI=1S/C22H26O3/c1-2-22(23)25-21-15-9-7-13-19(21)18-12-6-8-14-20(18)24-16-17-10-4-3-5-11-17/h3-6,8,10-12,14,19,21H,2,7,9,13,15-16H2,1H3/t19-,21+/m1/s1. The lowest BCUT2D eigenvalue weighted by Crippen LogP contribution is -2.28. The van der Waals surface area contributed by atoms with Crippen LogP contribution in [-0.4, -0.2) is 12.1 Å². The van der Waals surface area contributed by atoms with Gasteiger partial charge in [0, 0.05) is 17.9 Å². The molecule has 25 heavy (non-hydrogen) atoms. The van der Waals surface area contributed by atoms with Crippen LogP contribution in [0.2, 0.25) is 0 Å². The van der Waals surface area contributed by atoms with Crippen molar-refractivity contribution < 1.29 is 14.3 Å². The first-order valence-corrected chi connectivity index (χ1v) is 9.23. The van der Waals surface area contributed by atoms with Crippen molar-refractivity contribution in [1.29, 1.82) is 0 Å². The molecular weight excluding hydrogens is 312 g/mol. The molecular formula is C22H26O3. The molecule has 0 bridgehead atoms. The summed E-state index contributed by atoms with van der Waals surface area (Å²) >= 11 is 0. The summed E-state index contributed by atoms with van der Waals surface area (Å²) in [7, 11) is 0. The van der Waals surface area contributed by atoms with E-state index >= 15 is 0 Å². The zero-order chi connectivity index (χ0) is 17.5. The molecule has 0 N–H and O–H groups in total. The summed E-state index contributed by atoms with van der Waals surface area (Å²) in [4.78, 5) is 11.8. The molecule has 0 heterocycles. The van der Waals surface area contributed by atoms with Gasteiger partial charge in [-0.2, -0.15) is 0 Å². The second-order valence-corrected chi connectivity index (χ2v) is 6.58. The number of benzene rings is 2. The van der Waals surface area contributed by atoms with Gasteiger partial charge >= 0.3 is 5.97 Å². The van der Waals surface area contributed by atoms with Gasteiger partial charge in [0.25, 0.3) is 0 Å². The van der Waals surface area contributed by atoms with Crippen LogP contribution in [0.25, 0.3) is 0 Å². The SMILES string of the molecule is CCC(=O)O[C@H]1CCCC[C@@H]1c1ccccc1OCc1ccccc1. The third kappa shape index (κ3) is 4.62. The van der Waals surface area contributed by atoms with Crippen LogP contribution in [0, 0.1) is 0 Å². The molecule has 1 saturated carbocycles. The van der Waals surface area contributed by atoms with Gasteiger partial charge in [-0.15, -0.1) is 0 Å². The minimum Gasteiger partial charge on any atom is -0.489 e. The van der Waals surface area contributed by atoms with Crippen LogP contribution in [-0.2, 0) is 16.1 Å². The number of hydrogen-bond donors (Lipinski definition) is 0. The lowest BCUT2D eigenvalue weighted by Gasteiger charge is -2.32. The van der Waals surface area contributed by atoms with Gasteiger partial charge in [-0.25, -0.2) is 0 Å². The van der Waals surface area contributed by atoms with Crippen molar-refractivity contribution in [2.75, 3.05) is 0 Å². The van der Waals surface area contributed by atoms with Crippen molar-refractivity contribution >= 4 is 5.97 Å². The topological polar surface area (TPSA) is 35.5 Å². The first kappa shape index (κ1) is 17.5. The molecule has 3 heteroatoms. The van der Waals surface area contributed by atoms with Gasteiger partial charge in [0.2, 0.25) is 0 Å². The van der Waals surface area contributed by atoms with Gasteiger partial charge in [-0.05, 0) is 30.9 Å². The minimum atomic E-state index is -0.111. The molecule has 2 atom stereocenters. The van der Waals surface area contributed by atoms with E-state index in [4.69, 9.17) is 9.47 Å². The molecule has 1 aliphatic rings. The zero-order valence-electron chi connectivity index (χ0n) is 14.8. The van der Waals surface area contributed by atoms with Crippen molar-refractivity contribution in [3.63, 3.8) is 0 Å². The van der Waals surface area contributed by atoms with E-state index in [1.165, 1.54) is 0 Å². The van der Waals surface area contributed by atoms with Crippen LogP contribution in [0.1, 0.15) is 56.1 Å². The van der Waals surface area contributed by atoms with Gasteiger partial charge in [0.1, 0.15) is 18.5 Å². The van der Waals surface area contributed by atoms with E-state index in [0.29, 0.717) is 13.0 Å². The predicted molar refractivity (Wildman–Crippen MR) is 98.6 cm³/mol. The molecule has 0 radical (unpaired) electrons. The second kappa shape index (κ2) is 8.70. The number of para-hydroxylation sites is 1. The Hall–Kier alpha value is -2.29. The molecule has 0 unspecified atom stereocenters. The molecule has 0 amide bonds. The Morgan fingerprint density at radius 2 is 1.72 bits per heavy atom. The third-order valence-corrected chi connectivity index (χ3v) is 4.83. The Morgan fingerprint density at radius 1 is 1.00 bits per heavy atom. The lowest BCUT2D eigenvalue weighted by atomic mass is 9.81. The molecule has 0 aliphatic heterocycles. The fourth-order valence-corrected chi connectivity index (χ4v) is 3.50. The molecule has 0 aromatic heterocycles. The van der Waals surface area contributed by atoms with Gasteiger partial charge in [-0.3, -0.25) is 4.79 Å². The highest BCUT2D eigenvalue weighted by atomic mass is 16.5. The summed E-state index contributed by atoms with van der Waals surface area (Å²) in [6.45, 7) is 2.39. The molecule has 0 saturated heterocycles. The molecule has 3 rings (SSSR count). The summed E-state index contributed by atoms with van der Waals surface area (Å²) < 4.78 is 11.8. The zero-order valence-corrected chi connectivity index (χ0v) is 14.8. The van der Waals surface area contributed by atoms with E-state index in [2.05, 4.69) is 18.2 Å². The van der Waals surface area contributed by atoms with Crippen molar-refractivity contribution in [3.05, 3.63) is 65.7 Å². The van der Waals surface area contributed by atoms with E-state index in [1.54, 1.807) is 0 Å². The number of hydrogen-bond acceptors (Lipinski definition) is 3. The third-order valence-electron chi connectivity index (χ3n) is 4.83. The Kier molecular flexibility index (Phi) is 6.10. The summed E-state index contributed by atoms with van der Waals surface area (Å²) in [5, 5.41) is 0. The Labute approximate surface area is 150 Å². The van der Waals surface area contributed by atoms with Crippen LogP contribution in [0.4, 0.5) is 0 Å².